The summed E-state index contributed by atoms with van der Waals surface area (Å²) in [5.41, 5.74) is 8.81. The Bertz CT molecular complexity index is 947. The number of aromatic amines is 1. The number of nitrogens with zero attached hydrogens (tertiary/aromatic N) is 2. The van der Waals surface area contributed by atoms with Gasteiger partial charge in [0.25, 0.3) is 5.96 Å². The number of nitrogens with two attached hydrogens (primary N) is 1. The van der Waals surface area contributed by atoms with Crippen LogP contribution < -0.4 is 20.4 Å². The number of aromatic hydroxyl groups is 1. The first kappa shape index (κ1) is 14.4. The van der Waals surface area contributed by atoms with E-state index in [0.29, 0.717) is 18.3 Å². The van der Waals surface area contributed by atoms with Gasteiger partial charge >= 0.3 is 5.95 Å². The van der Waals surface area contributed by atoms with E-state index in [1.54, 1.807) is 12.1 Å². The Labute approximate surface area is 138 Å². The molecule has 0 bridgehead atoms. The fourth-order valence-corrected chi connectivity index (χ4v) is 2.97. The molecule has 7 heteroatoms. The number of fused-ring (bicyclic) bond motifs is 3. The Morgan fingerprint density at radius 1 is 1.29 bits per heavy atom. The van der Waals surface area contributed by atoms with Crippen LogP contribution in [-0.4, -0.2) is 22.7 Å². The third-order valence-electron chi connectivity index (χ3n) is 3.99. The molecule has 1 atom stereocenters. The van der Waals surface area contributed by atoms with Gasteiger partial charge < -0.3 is 15.6 Å². The van der Waals surface area contributed by atoms with Crippen molar-refractivity contribution < 1.29 is 14.4 Å². The minimum Gasteiger partial charge on any atom is -0.504 e. The van der Waals surface area contributed by atoms with Crippen LogP contribution in [0.15, 0.2) is 47.5 Å². The second kappa shape index (κ2) is 5.45. The Morgan fingerprint density at radius 2 is 2.12 bits per heavy atom. The zero-order valence-corrected chi connectivity index (χ0v) is 13.2. The molecular formula is C17H18N5O2+. The van der Waals surface area contributed by atoms with E-state index in [1.807, 2.05) is 41.8 Å². The summed E-state index contributed by atoms with van der Waals surface area (Å²) in [6.45, 7) is 2.35. The van der Waals surface area contributed by atoms with E-state index < -0.39 is 0 Å². The number of benzene rings is 2. The molecule has 0 fully saturated rings. The maximum absolute atomic E-state index is 9.93. The summed E-state index contributed by atoms with van der Waals surface area (Å²) in [5.74, 6) is 1.64. The smallest absolute Gasteiger partial charge is 0.365 e. The average Bonchev–Trinajstić information content (AvgIpc) is 2.94. The van der Waals surface area contributed by atoms with Crippen LogP contribution >= 0.6 is 0 Å². The molecule has 1 aliphatic rings. The predicted octanol–water partition coefficient (Wildman–Crippen LogP) is 1.85. The molecule has 0 saturated carbocycles. The lowest BCUT2D eigenvalue weighted by molar-refractivity contribution is -0.674. The van der Waals surface area contributed by atoms with E-state index in [9.17, 15) is 5.11 Å². The topological polar surface area (TPSA) is 99.5 Å². The summed E-state index contributed by atoms with van der Waals surface area (Å²) in [4.78, 5) is 7.84. The maximum Gasteiger partial charge on any atom is 0.365 e. The zero-order chi connectivity index (χ0) is 16.7. The molecule has 4 rings (SSSR count). The van der Waals surface area contributed by atoms with Crippen molar-refractivity contribution in [3.05, 3.63) is 48.0 Å². The van der Waals surface area contributed by atoms with Crippen LogP contribution in [0.4, 0.5) is 5.95 Å². The predicted molar refractivity (Wildman–Crippen MR) is 91.2 cm³/mol. The second-order valence-corrected chi connectivity index (χ2v) is 5.53. The number of ether oxygens (including phenoxy) is 1. The highest BCUT2D eigenvalue weighted by atomic mass is 16.5. The van der Waals surface area contributed by atoms with Crippen LogP contribution in [0.3, 0.4) is 0 Å². The number of hydrogen-bond acceptors (Lipinski definition) is 5. The number of H-pyrrole nitrogens is 1. The summed E-state index contributed by atoms with van der Waals surface area (Å²) >= 11 is 0. The molecule has 1 aliphatic heterocycles. The highest BCUT2D eigenvalue weighted by molar-refractivity contribution is 5.92. The normalized spacial score (nSPS) is 16.4. The van der Waals surface area contributed by atoms with Crippen molar-refractivity contribution in [1.29, 1.82) is 0 Å². The van der Waals surface area contributed by atoms with Gasteiger partial charge in [-0.3, -0.25) is 0 Å². The van der Waals surface area contributed by atoms with Crippen LogP contribution in [0.1, 0.15) is 18.7 Å². The number of guanidine groups is 1. The Morgan fingerprint density at radius 3 is 2.96 bits per heavy atom. The van der Waals surface area contributed by atoms with Crippen LogP contribution in [0.5, 0.6) is 11.5 Å². The van der Waals surface area contributed by atoms with Gasteiger partial charge in [-0.05, 0) is 37.3 Å². The van der Waals surface area contributed by atoms with Crippen molar-refractivity contribution >= 4 is 22.9 Å². The van der Waals surface area contributed by atoms with Gasteiger partial charge in [-0.2, -0.15) is 4.99 Å². The number of rotatable bonds is 3. The van der Waals surface area contributed by atoms with Gasteiger partial charge in [0, 0.05) is 5.56 Å². The highest BCUT2D eigenvalue weighted by Crippen LogP contribution is 2.31. The summed E-state index contributed by atoms with van der Waals surface area (Å²) in [7, 11) is 0. The number of aliphatic imine (C=N–C) groups is 1. The Hall–Kier alpha value is -3.22. The van der Waals surface area contributed by atoms with Gasteiger partial charge in [-0.15, -0.1) is 0 Å². The zero-order valence-electron chi connectivity index (χ0n) is 13.2. The summed E-state index contributed by atoms with van der Waals surface area (Å²) < 4.78 is 7.52. The van der Waals surface area contributed by atoms with Gasteiger partial charge in [-0.25, -0.2) is 14.9 Å². The average molecular weight is 324 g/mol. The van der Waals surface area contributed by atoms with Gasteiger partial charge in [0.2, 0.25) is 6.17 Å². The third kappa shape index (κ3) is 2.21. The van der Waals surface area contributed by atoms with Gasteiger partial charge in [0.1, 0.15) is 11.0 Å². The Kier molecular flexibility index (Phi) is 3.26. The van der Waals surface area contributed by atoms with E-state index in [4.69, 9.17) is 10.5 Å². The molecule has 1 aromatic heterocycles. The molecule has 0 unspecified atom stereocenters. The number of anilines is 1. The van der Waals surface area contributed by atoms with Crippen molar-refractivity contribution in [2.75, 3.05) is 11.9 Å². The van der Waals surface area contributed by atoms with Gasteiger partial charge in [0.15, 0.2) is 11.5 Å². The fraction of sp³-hybridized carbons (Fsp3) is 0.176. The van der Waals surface area contributed by atoms with Gasteiger partial charge in [0.05, 0.1) is 6.61 Å². The summed E-state index contributed by atoms with van der Waals surface area (Å²) in [6, 6.07) is 13.2. The molecule has 3 aromatic rings. The number of phenolic OH excluding ortho intramolecular Hbond substituents is 1. The van der Waals surface area contributed by atoms with E-state index in [1.165, 1.54) is 0 Å². The van der Waals surface area contributed by atoms with Crippen molar-refractivity contribution in [2.24, 2.45) is 10.7 Å². The quantitative estimate of drug-likeness (QED) is 0.552. The van der Waals surface area contributed by atoms with E-state index in [0.717, 1.165) is 22.5 Å². The van der Waals surface area contributed by atoms with Crippen molar-refractivity contribution in [2.45, 2.75) is 13.1 Å². The molecule has 0 spiro atoms. The molecule has 0 aliphatic carbocycles. The van der Waals surface area contributed by atoms with Crippen LogP contribution in [0, 0.1) is 0 Å². The number of hydrogen-bond donors (Lipinski definition) is 4. The van der Waals surface area contributed by atoms with E-state index >= 15 is 0 Å². The first-order chi connectivity index (χ1) is 11.7. The largest absolute Gasteiger partial charge is 0.504 e. The number of aromatic nitrogens is 2. The fourth-order valence-electron chi connectivity index (χ4n) is 2.97. The molecule has 0 saturated heterocycles. The molecule has 5 N–H and O–H groups in total. The first-order valence-corrected chi connectivity index (χ1v) is 7.75. The molecular weight excluding hydrogens is 306 g/mol. The highest BCUT2D eigenvalue weighted by Gasteiger charge is 2.31. The number of nitrogens with one attached hydrogen (secondary N) is 2. The van der Waals surface area contributed by atoms with Crippen molar-refractivity contribution in [3.8, 4) is 11.5 Å². The first-order valence-electron chi connectivity index (χ1n) is 7.75. The molecule has 2 heterocycles. The lowest BCUT2D eigenvalue weighted by Gasteiger charge is -2.19. The second-order valence-electron chi connectivity index (χ2n) is 5.53. The van der Waals surface area contributed by atoms with E-state index in [-0.39, 0.29) is 11.9 Å². The molecule has 7 nitrogen and oxygen atoms in total. The number of para-hydroxylation sites is 2. The standard InChI is InChI=1S/C17H17N5O2/c1-2-24-14-9-10(7-8-13(14)23)15-20-16(18)21-17-19-11-5-3-4-6-12(11)22(15)17/h3-9,15H,2H2,1H3,(H4,18,19,20,21,23)/p+1/t15-/m0/s1. The number of phenols is 1. The molecule has 0 radical (unpaired) electrons. The van der Waals surface area contributed by atoms with E-state index in [2.05, 4.69) is 15.3 Å². The third-order valence-corrected chi connectivity index (χ3v) is 3.99. The molecule has 24 heavy (non-hydrogen) atoms. The number of imidazole rings is 1. The van der Waals surface area contributed by atoms with Crippen LogP contribution in [-0.2, 0) is 0 Å². The molecule has 2 aromatic carbocycles. The SMILES string of the molecule is CCOc1cc([C@H]2N=C(N)Nc3[nH]c4ccccc4[n+]32)ccc1O. The van der Waals surface area contributed by atoms with Crippen LogP contribution in [0.2, 0.25) is 0 Å². The molecule has 0 amide bonds. The minimum absolute atomic E-state index is 0.107. The van der Waals surface area contributed by atoms with Crippen LogP contribution in [0.25, 0.3) is 11.0 Å². The Balaban J connectivity index is 1.89. The monoisotopic (exact) mass is 324 g/mol. The lowest BCUT2D eigenvalue weighted by atomic mass is 10.1. The van der Waals surface area contributed by atoms with Gasteiger partial charge in [-0.1, -0.05) is 12.1 Å². The minimum atomic E-state index is -0.350. The van der Waals surface area contributed by atoms with Crippen molar-refractivity contribution in [1.82, 2.24) is 4.98 Å². The summed E-state index contributed by atoms with van der Waals surface area (Å²) in [6.07, 6.45) is -0.350. The molecule has 122 valence electrons. The maximum atomic E-state index is 9.93. The lowest BCUT2D eigenvalue weighted by Crippen LogP contribution is -2.48. The summed E-state index contributed by atoms with van der Waals surface area (Å²) in [5, 5.41) is 13.0. The van der Waals surface area contributed by atoms with Crippen molar-refractivity contribution in [3.63, 3.8) is 0 Å².